The van der Waals surface area contributed by atoms with Crippen molar-refractivity contribution in [3.05, 3.63) is 24.3 Å². The molecule has 6 atom stereocenters. The lowest BCUT2D eigenvalue weighted by Crippen LogP contribution is -2.40. The minimum absolute atomic E-state index is 0.0787. The minimum atomic E-state index is -0.453. The van der Waals surface area contributed by atoms with Crippen LogP contribution in [-0.4, -0.2) is 37.4 Å². The zero-order valence-electron chi connectivity index (χ0n) is 13.0. The molecule has 0 spiro atoms. The van der Waals surface area contributed by atoms with E-state index in [-0.39, 0.29) is 49.2 Å². The second-order valence-corrected chi connectivity index (χ2v) is 6.81. The molecule has 2 saturated carbocycles. The SMILES string of the molecule is C=C(C)COC(=O)[C@@H]1[C@@H]2C[C@H]([C@H]3O[C@H]23)[C@@H]1C(=O)OCC(=C)C. The third-order valence-electron chi connectivity index (χ3n) is 4.73. The van der Waals surface area contributed by atoms with E-state index >= 15 is 0 Å². The highest BCUT2D eigenvalue weighted by molar-refractivity contribution is 5.84. The highest BCUT2D eigenvalue weighted by Gasteiger charge is 2.71. The highest BCUT2D eigenvalue weighted by Crippen LogP contribution is 2.62. The number of rotatable bonds is 6. The number of fused-ring (bicyclic) bond motifs is 5. The molecule has 0 aromatic carbocycles. The smallest absolute Gasteiger partial charge is 0.310 e. The summed E-state index contributed by atoms with van der Waals surface area (Å²) in [7, 11) is 0. The summed E-state index contributed by atoms with van der Waals surface area (Å²) in [6.45, 7) is 11.4. The van der Waals surface area contributed by atoms with Crippen molar-refractivity contribution in [1.29, 1.82) is 0 Å². The second-order valence-electron chi connectivity index (χ2n) is 6.81. The molecule has 0 N–H and O–H groups in total. The third-order valence-corrected chi connectivity index (χ3v) is 4.73. The lowest BCUT2D eigenvalue weighted by atomic mass is 9.79. The fraction of sp³-hybridized carbons (Fsp3) is 0.647. The first-order valence-corrected chi connectivity index (χ1v) is 7.67. The summed E-state index contributed by atoms with van der Waals surface area (Å²) in [5.41, 5.74) is 1.55. The molecular formula is C17H22O5. The molecule has 5 nitrogen and oxygen atoms in total. The van der Waals surface area contributed by atoms with Gasteiger partial charge in [-0.25, -0.2) is 0 Å². The van der Waals surface area contributed by atoms with Gasteiger partial charge in [-0.1, -0.05) is 13.2 Å². The summed E-state index contributed by atoms with van der Waals surface area (Å²) < 4.78 is 16.2. The zero-order valence-corrected chi connectivity index (χ0v) is 13.0. The van der Waals surface area contributed by atoms with E-state index in [1.807, 2.05) is 0 Å². The van der Waals surface area contributed by atoms with E-state index in [0.29, 0.717) is 0 Å². The minimum Gasteiger partial charge on any atom is -0.461 e. The van der Waals surface area contributed by atoms with Crippen molar-refractivity contribution in [1.82, 2.24) is 0 Å². The van der Waals surface area contributed by atoms with Crippen molar-refractivity contribution in [2.75, 3.05) is 13.2 Å². The van der Waals surface area contributed by atoms with Crippen LogP contribution in [0.1, 0.15) is 20.3 Å². The van der Waals surface area contributed by atoms with Gasteiger partial charge in [-0.05, 0) is 31.4 Å². The van der Waals surface area contributed by atoms with Crippen molar-refractivity contribution in [3.8, 4) is 0 Å². The van der Waals surface area contributed by atoms with Gasteiger partial charge in [0.25, 0.3) is 0 Å². The van der Waals surface area contributed by atoms with Crippen LogP contribution in [0.3, 0.4) is 0 Å². The standard InChI is InChI=1S/C17H22O5/c1-8(2)6-20-16(18)12-10-5-11(15-14(10)22-15)13(12)17(19)21-7-9(3)4/h10-15H,1,3,5-7H2,2,4H3/t10-,11-,12-,13+,14+,15+/m0/s1. The molecule has 22 heavy (non-hydrogen) atoms. The molecule has 3 aliphatic rings. The topological polar surface area (TPSA) is 65.1 Å². The van der Waals surface area contributed by atoms with Crippen LogP contribution in [0.5, 0.6) is 0 Å². The maximum Gasteiger partial charge on any atom is 0.310 e. The van der Waals surface area contributed by atoms with Gasteiger partial charge in [0.2, 0.25) is 0 Å². The van der Waals surface area contributed by atoms with E-state index in [4.69, 9.17) is 14.2 Å². The van der Waals surface area contributed by atoms with Crippen LogP contribution in [0.15, 0.2) is 24.3 Å². The molecule has 1 saturated heterocycles. The molecule has 120 valence electrons. The second kappa shape index (κ2) is 5.54. The summed E-state index contributed by atoms with van der Waals surface area (Å²) >= 11 is 0. The van der Waals surface area contributed by atoms with E-state index < -0.39 is 11.8 Å². The molecule has 0 aromatic rings. The fourth-order valence-electron chi connectivity index (χ4n) is 3.87. The first-order valence-electron chi connectivity index (χ1n) is 7.67. The summed E-state index contributed by atoms with van der Waals surface area (Å²) in [5, 5.41) is 0. The first-order chi connectivity index (χ1) is 10.4. The maximum atomic E-state index is 12.4. The maximum absolute atomic E-state index is 12.4. The quantitative estimate of drug-likeness (QED) is 0.426. The van der Waals surface area contributed by atoms with Gasteiger partial charge in [0.05, 0.1) is 24.0 Å². The average molecular weight is 306 g/mol. The van der Waals surface area contributed by atoms with Crippen LogP contribution in [0.4, 0.5) is 0 Å². The Hall–Kier alpha value is -1.62. The van der Waals surface area contributed by atoms with E-state index in [0.717, 1.165) is 17.6 Å². The molecule has 3 rings (SSSR count). The van der Waals surface area contributed by atoms with Gasteiger partial charge in [-0.15, -0.1) is 0 Å². The Morgan fingerprint density at radius 3 is 1.73 bits per heavy atom. The highest BCUT2D eigenvalue weighted by atomic mass is 16.6. The molecule has 0 unspecified atom stereocenters. The zero-order chi connectivity index (χ0) is 16.0. The molecule has 2 bridgehead atoms. The molecule has 1 heterocycles. The van der Waals surface area contributed by atoms with Gasteiger partial charge in [-0.2, -0.15) is 0 Å². The predicted octanol–water partition coefficient (Wildman–Crippen LogP) is 1.87. The van der Waals surface area contributed by atoms with Crippen molar-refractivity contribution in [2.45, 2.75) is 32.5 Å². The Kier molecular flexibility index (Phi) is 3.85. The van der Waals surface area contributed by atoms with Gasteiger partial charge in [-0.3, -0.25) is 9.59 Å². The van der Waals surface area contributed by atoms with Crippen molar-refractivity contribution in [3.63, 3.8) is 0 Å². The lowest BCUT2D eigenvalue weighted by Gasteiger charge is -2.25. The van der Waals surface area contributed by atoms with Crippen LogP contribution in [0, 0.1) is 23.7 Å². The van der Waals surface area contributed by atoms with Crippen LogP contribution in [0.2, 0.25) is 0 Å². The number of hydrogen-bond donors (Lipinski definition) is 0. The Labute approximate surface area is 130 Å². The Morgan fingerprint density at radius 2 is 1.36 bits per heavy atom. The number of esters is 2. The fourth-order valence-corrected chi connectivity index (χ4v) is 3.87. The van der Waals surface area contributed by atoms with Crippen molar-refractivity contribution in [2.24, 2.45) is 23.7 Å². The van der Waals surface area contributed by atoms with Crippen LogP contribution in [-0.2, 0) is 23.8 Å². The summed E-state index contributed by atoms with van der Waals surface area (Å²) in [5.74, 6) is -1.41. The number of ether oxygens (including phenoxy) is 3. The predicted molar refractivity (Wildman–Crippen MR) is 78.8 cm³/mol. The summed E-state index contributed by atoms with van der Waals surface area (Å²) in [6, 6.07) is 0. The molecule has 5 heteroatoms. The van der Waals surface area contributed by atoms with Gasteiger partial charge >= 0.3 is 11.9 Å². The van der Waals surface area contributed by atoms with Gasteiger partial charge in [0, 0.05) is 11.8 Å². The number of epoxide rings is 1. The molecular weight excluding hydrogens is 284 g/mol. The molecule has 1 aliphatic heterocycles. The first kappa shape index (κ1) is 15.3. The van der Waals surface area contributed by atoms with E-state index in [1.165, 1.54) is 0 Å². The summed E-state index contributed by atoms with van der Waals surface area (Å²) in [4.78, 5) is 24.8. The van der Waals surface area contributed by atoms with Gasteiger partial charge in [0.15, 0.2) is 0 Å². The third kappa shape index (κ3) is 2.58. The van der Waals surface area contributed by atoms with E-state index in [2.05, 4.69) is 13.2 Å². The Balaban J connectivity index is 1.71. The Bertz CT molecular complexity index is 491. The van der Waals surface area contributed by atoms with Gasteiger partial charge < -0.3 is 14.2 Å². The Morgan fingerprint density at radius 1 is 0.955 bits per heavy atom. The molecule has 3 fully saturated rings. The van der Waals surface area contributed by atoms with Crippen LogP contribution < -0.4 is 0 Å². The largest absolute Gasteiger partial charge is 0.461 e. The molecule has 2 aliphatic carbocycles. The van der Waals surface area contributed by atoms with Crippen LogP contribution in [0.25, 0.3) is 0 Å². The lowest BCUT2D eigenvalue weighted by molar-refractivity contribution is -0.161. The molecule has 0 amide bonds. The summed E-state index contributed by atoms with van der Waals surface area (Å²) in [6.07, 6.45) is 1.09. The number of carbonyl (C=O) groups is 2. The van der Waals surface area contributed by atoms with E-state index in [1.54, 1.807) is 13.8 Å². The number of hydrogen-bond acceptors (Lipinski definition) is 5. The van der Waals surface area contributed by atoms with Crippen molar-refractivity contribution < 1.29 is 23.8 Å². The van der Waals surface area contributed by atoms with E-state index in [9.17, 15) is 9.59 Å². The van der Waals surface area contributed by atoms with Crippen molar-refractivity contribution >= 4 is 11.9 Å². The van der Waals surface area contributed by atoms with Crippen LogP contribution >= 0.6 is 0 Å². The molecule has 0 aromatic heterocycles. The average Bonchev–Trinajstić information content (AvgIpc) is 3.07. The molecule has 0 radical (unpaired) electrons. The normalized spacial score (nSPS) is 37.4. The van der Waals surface area contributed by atoms with Gasteiger partial charge in [0.1, 0.15) is 13.2 Å². The monoisotopic (exact) mass is 306 g/mol. The number of carbonyl (C=O) groups excluding carboxylic acids is 2.